The molecule has 0 unspecified atom stereocenters. The van der Waals surface area contributed by atoms with Gasteiger partial charge in [-0.05, 0) is 17.7 Å². The minimum atomic E-state index is -0.0608. The molecule has 2 heterocycles. The number of thioether (sulfide) groups is 1. The van der Waals surface area contributed by atoms with Crippen molar-refractivity contribution < 1.29 is 9.52 Å². The number of hydrogen-bond acceptors (Lipinski definition) is 8. The Hall–Kier alpha value is -3.15. The Balaban J connectivity index is 1.46. The number of para-hydroxylation sites is 1. The van der Waals surface area contributed by atoms with Crippen molar-refractivity contribution in [1.82, 2.24) is 15.2 Å². The van der Waals surface area contributed by atoms with E-state index in [9.17, 15) is 10.4 Å². The molecule has 0 atom stereocenters. The zero-order valence-corrected chi connectivity index (χ0v) is 16.2. The predicted octanol–water partition coefficient (Wildman–Crippen LogP) is 4.86. The molecule has 2 aromatic heterocycles. The Kier molecular flexibility index (Phi) is 5.37. The zero-order valence-electron chi connectivity index (χ0n) is 14.6. The van der Waals surface area contributed by atoms with Gasteiger partial charge in [-0.3, -0.25) is 0 Å². The third-order valence-corrected chi connectivity index (χ3v) is 5.77. The Morgan fingerprint density at radius 2 is 1.89 bits per heavy atom. The van der Waals surface area contributed by atoms with Crippen molar-refractivity contribution in [3.05, 3.63) is 76.8 Å². The van der Waals surface area contributed by atoms with Crippen LogP contribution in [-0.4, -0.2) is 26.0 Å². The van der Waals surface area contributed by atoms with Crippen molar-refractivity contribution in [2.75, 3.05) is 5.75 Å². The molecule has 0 aliphatic heterocycles. The number of allylic oxidation sites excluding steroid dienone is 1. The first-order valence-electron chi connectivity index (χ1n) is 8.40. The fraction of sp³-hybridized carbons (Fsp3) is 0.100. The van der Waals surface area contributed by atoms with Crippen LogP contribution in [0.4, 0.5) is 0 Å². The summed E-state index contributed by atoms with van der Waals surface area (Å²) in [5.41, 5.74) is 2.05. The molecular weight excluding hydrogens is 392 g/mol. The van der Waals surface area contributed by atoms with E-state index in [1.165, 1.54) is 23.1 Å². The molecule has 0 saturated heterocycles. The lowest BCUT2D eigenvalue weighted by Gasteiger charge is -2.00. The summed E-state index contributed by atoms with van der Waals surface area (Å²) in [6.07, 6.45) is 0.547. The van der Waals surface area contributed by atoms with E-state index in [2.05, 4.69) is 21.3 Å². The summed E-state index contributed by atoms with van der Waals surface area (Å²) in [5, 5.41) is 28.8. The maximum atomic E-state index is 10.4. The van der Waals surface area contributed by atoms with Crippen molar-refractivity contribution in [3.63, 3.8) is 0 Å². The first kappa shape index (κ1) is 18.2. The Labute approximate surface area is 169 Å². The van der Waals surface area contributed by atoms with Crippen molar-refractivity contribution in [2.45, 2.75) is 11.6 Å². The lowest BCUT2D eigenvalue weighted by Crippen LogP contribution is -1.92. The van der Waals surface area contributed by atoms with Crippen LogP contribution >= 0.6 is 23.1 Å². The van der Waals surface area contributed by atoms with Gasteiger partial charge in [-0.25, -0.2) is 4.98 Å². The summed E-state index contributed by atoms with van der Waals surface area (Å²) in [6.45, 7) is 0. The zero-order chi connectivity index (χ0) is 19.3. The van der Waals surface area contributed by atoms with Gasteiger partial charge in [-0.2, -0.15) is 5.26 Å². The molecule has 8 heteroatoms. The summed E-state index contributed by atoms with van der Waals surface area (Å²) in [6, 6.07) is 19.5. The maximum Gasteiger partial charge on any atom is 0.277 e. The Morgan fingerprint density at radius 1 is 1.11 bits per heavy atom. The molecule has 4 aromatic rings. The molecule has 0 spiro atoms. The van der Waals surface area contributed by atoms with Crippen molar-refractivity contribution in [3.8, 4) is 6.07 Å². The number of thiazole rings is 1. The monoisotopic (exact) mass is 406 g/mol. The molecule has 0 aliphatic carbocycles. The van der Waals surface area contributed by atoms with E-state index < -0.39 is 0 Å². The highest BCUT2D eigenvalue weighted by Gasteiger charge is 2.15. The van der Waals surface area contributed by atoms with Crippen LogP contribution in [-0.2, 0) is 6.42 Å². The number of aliphatic hydroxyl groups excluding tert-OH is 1. The Morgan fingerprint density at radius 3 is 2.68 bits per heavy atom. The molecule has 138 valence electrons. The lowest BCUT2D eigenvalue weighted by atomic mass is 10.2. The second kappa shape index (κ2) is 8.25. The van der Waals surface area contributed by atoms with Gasteiger partial charge >= 0.3 is 0 Å². The summed E-state index contributed by atoms with van der Waals surface area (Å²) in [5.74, 6) is 0.587. The van der Waals surface area contributed by atoms with Gasteiger partial charge in [0, 0.05) is 0 Å². The molecule has 0 amide bonds. The van der Waals surface area contributed by atoms with Crippen LogP contribution in [0.15, 0.2) is 70.0 Å². The molecule has 0 saturated carbocycles. The van der Waals surface area contributed by atoms with Gasteiger partial charge < -0.3 is 9.52 Å². The van der Waals surface area contributed by atoms with E-state index in [0.717, 1.165) is 15.8 Å². The second-order valence-corrected chi connectivity index (χ2v) is 7.79. The number of hydrogen-bond donors (Lipinski definition) is 1. The van der Waals surface area contributed by atoms with Gasteiger partial charge in [0.15, 0.2) is 0 Å². The standard InChI is InChI=1S/C20H14N4O2S2/c21-11-14(19-22-15-8-4-5-9-17(15)28-19)16(25)12-27-20-24-23-18(26-20)10-13-6-2-1-3-7-13/h1-9,25H,10,12H2. The number of fused-ring (bicyclic) bond motifs is 1. The van der Waals surface area contributed by atoms with E-state index in [4.69, 9.17) is 4.42 Å². The first-order chi connectivity index (χ1) is 13.7. The summed E-state index contributed by atoms with van der Waals surface area (Å²) >= 11 is 2.56. The molecular formula is C20H14N4O2S2. The number of nitrogens with zero attached hydrogens (tertiary/aromatic N) is 4. The van der Waals surface area contributed by atoms with Crippen LogP contribution in [0.2, 0.25) is 0 Å². The van der Waals surface area contributed by atoms with Crippen molar-refractivity contribution in [2.24, 2.45) is 0 Å². The average Bonchev–Trinajstić information content (AvgIpc) is 3.34. The average molecular weight is 406 g/mol. The van der Waals surface area contributed by atoms with Gasteiger partial charge in [0.25, 0.3) is 5.22 Å². The van der Waals surface area contributed by atoms with E-state index in [1.54, 1.807) is 0 Å². The van der Waals surface area contributed by atoms with Crippen LogP contribution in [0.1, 0.15) is 16.5 Å². The minimum Gasteiger partial charge on any atom is -0.510 e. The number of aromatic nitrogens is 3. The van der Waals surface area contributed by atoms with E-state index in [-0.39, 0.29) is 17.1 Å². The molecule has 0 fully saturated rings. The molecule has 6 nitrogen and oxygen atoms in total. The normalized spacial score (nSPS) is 12.0. The number of nitriles is 1. The van der Waals surface area contributed by atoms with E-state index in [1.807, 2.05) is 54.6 Å². The quantitative estimate of drug-likeness (QED) is 0.278. The van der Waals surface area contributed by atoms with Crippen LogP contribution < -0.4 is 0 Å². The van der Waals surface area contributed by atoms with Gasteiger partial charge in [-0.1, -0.05) is 54.2 Å². The van der Waals surface area contributed by atoms with E-state index in [0.29, 0.717) is 22.5 Å². The molecule has 1 N–H and O–H groups in total. The first-order valence-corrected chi connectivity index (χ1v) is 10.2. The van der Waals surface area contributed by atoms with Crippen LogP contribution in [0.5, 0.6) is 0 Å². The highest BCUT2D eigenvalue weighted by Crippen LogP contribution is 2.29. The van der Waals surface area contributed by atoms with E-state index >= 15 is 0 Å². The molecule has 28 heavy (non-hydrogen) atoms. The summed E-state index contributed by atoms with van der Waals surface area (Å²) in [4.78, 5) is 4.43. The number of aliphatic hydroxyl groups is 1. The largest absolute Gasteiger partial charge is 0.510 e. The summed E-state index contributed by atoms with van der Waals surface area (Å²) < 4.78 is 6.58. The highest BCUT2D eigenvalue weighted by atomic mass is 32.2. The second-order valence-electron chi connectivity index (χ2n) is 5.83. The third-order valence-electron chi connectivity index (χ3n) is 3.89. The number of rotatable bonds is 6. The molecule has 0 radical (unpaired) electrons. The highest BCUT2D eigenvalue weighted by molar-refractivity contribution is 7.99. The fourth-order valence-electron chi connectivity index (χ4n) is 2.56. The number of benzene rings is 2. The predicted molar refractivity (Wildman–Crippen MR) is 109 cm³/mol. The van der Waals surface area contributed by atoms with Crippen molar-refractivity contribution in [1.29, 1.82) is 5.26 Å². The summed E-state index contributed by atoms with van der Waals surface area (Å²) in [7, 11) is 0. The smallest absolute Gasteiger partial charge is 0.277 e. The Bertz CT molecular complexity index is 1140. The molecule has 0 bridgehead atoms. The van der Waals surface area contributed by atoms with Crippen LogP contribution in [0, 0.1) is 11.3 Å². The maximum absolute atomic E-state index is 10.4. The SMILES string of the molecule is N#CC(=C(O)CSc1nnc(Cc2ccccc2)o1)c1nc2ccccc2s1. The third kappa shape index (κ3) is 4.06. The lowest BCUT2D eigenvalue weighted by molar-refractivity contribution is 0.411. The van der Waals surface area contributed by atoms with Gasteiger partial charge in [0.2, 0.25) is 5.89 Å². The topological polar surface area (TPSA) is 95.8 Å². The molecule has 4 rings (SSSR count). The van der Waals surface area contributed by atoms with Gasteiger partial charge in [0.1, 0.15) is 22.4 Å². The van der Waals surface area contributed by atoms with Crippen molar-refractivity contribution >= 4 is 38.9 Å². The minimum absolute atomic E-state index is 0.0608. The fourth-order valence-corrected chi connectivity index (χ4v) is 4.20. The van der Waals surface area contributed by atoms with Crippen LogP contribution in [0.3, 0.4) is 0 Å². The van der Waals surface area contributed by atoms with Crippen LogP contribution in [0.25, 0.3) is 15.8 Å². The van der Waals surface area contributed by atoms with Gasteiger partial charge in [-0.15, -0.1) is 21.5 Å². The molecule has 0 aliphatic rings. The van der Waals surface area contributed by atoms with Gasteiger partial charge in [0.05, 0.1) is 22.4 Å². The molecule has 2 aromatic carbocycles.